The van der Waals surface area contributed by atoms with Gasteiger partial charge in [-0.05, 0) is 33.6 Å². The Morgan fingerprint density at radius 3 is 2.28 bits per heavy atom. The van der Waals surface area contributed by atoms with Crippen LogP contribution in [0, 0.1) is 0 Å². The first-order valence-electron chi connectivity index (χ1n) is 6.59. The lowest BCUT2D eigenvalue weighted by Gasteiger charge is -2.32. The average Bonchev–Trinajstić information content (AvgIpc) is 2.26. The van der Waals surface area contributed by atoms with Crippen LogP contribution in [0.2, 0.25) is 0 Å². The van der Waals surface area contributed by atoms with Crippen molar-refractivity contribution in [3.05, 3.63) is 0 Å². The lowest BCUT2D eigenvalue weighted by molar-refractivity contribution is -0.131. The van der Waals surface area contributed by atoms with Gasteiger partial charge in [0.25, 0.3) is 0 Å². The smallest absolute Gasteiger partial charge is 0.407 e. The highest BCUT2D eigenvalue weighted by atomic mass is 16.6. The van der Waals surface area contributed by atoms with Gasteiger partial charge in [-0.1, -0.05) is 6.92 Å². The van der Waals surface area contributed by atoms with E-state index in [0.717, 1.165) is 12.8 Å². The molecule has 1 heterocycles. The van der Waals surface area contributed by atoms with Crippen molar-refractivity contribution < 1.29 is 14.3 Å². The Morgan fingerprint density at radius 2 is 1.83 bits per heavy atom. The van der Waals surface area contributed by atoms with E-state index >= 15 is 0 Å². The first-order valence-corrected chi connectivity index (χ1v) is 6.59. The minimum atomic E-state index is -0.469. The van der Waals surface area contributed by atoms with Gasteiger partial charge in [-0.25, -0.2) is 4.79 Å². The van der Waals surface area contributed by atoms with E-state index in [1.165, 1.54) is 0 Å². The fraction of sp³-hybridized carbons (Fsp3) is 0.846. The van der Waals surface area contributed by atoms with Gasteiger partial charge in [-0.3, -0.25) is 4.79 Å². The fourth-order valence-electron chi connectivity index (χ4n) is 1.97. The molecule has 5 nitrogen and oxygen atoms in total. The molecule has 0 aromatic heterocycles. The maximum absolute atomic E-state index is 11.6. The quantitative estimate of drug-likeness (QED) is 0.821. The van der Waals surface area contributed by atoms with Gasteiger partial charge in [-0.15, -0.1) is 0 Å². The predicted octanol–water partition coefficient (Wildman–Crippen LogP) is 1.91. The molecule has 1 N–H and O–H groups in total. The SMILES string of the molecule is CCC(=O)N1CCC(NC(=O)OC(C)(C)C)CC1. The van der Waals surface area contributed by atoms with Crippen LogP contribution < -0.4 is 5.32 Å². The molecule has 0 bridgehead atoms. The summed E-state index contributed by atoms with van der Waals surface area (Å²) in [5.74, 6) is 0.186. The molecule has 1 saturated heterocycles. The van der Waals surface area contributed by atoms with Gasteiger partial charge in [-0.2, -0.15) is 0 Å². The molecule has 0 radical (unpaired) electrons. The van der Waals surface area contributed by atoms with Crippen molar-refractivity contribution in [2.45, 2.75) is 58.6 Å². The number of amides is 2. The molecular weight excluding hydrogens is 232 g/mol. The zero-order valence-corrected chi connectivity index (χ0v) is 11.8. The molecule has 104 valence electrons. The Hall–Kier alpha value is -1.26. The molecule has 5 heteroatoms. The van der Waals surface area contributed by atoms with Crippen molar-refractivity contribution >= 4 is 12.0 Å². The van der Waals surface area contributed by atoms with E-state index in [4.69, 9.17) is 4.74 Å². The van der Waals surface area contributed by atoms with E-state index in [1.807, 2.05) is 32.6 Å². The van der Waals surface area contributed by atoms with Crippen LogP contribution in [0.15, 0.2) is 0 Å². The molecule has 18 heavy (non-hydrogen) atoms. The minimum absolute atomic E-state index is 0.112. The second kappa shape index (κ2) is 6.07. The molecule has 0 spiro atoms. The summed E-state index contributed by atoms with van der Waals surface area (Å²) in [5.41, 5.74) is -0.469. The van der Waals surface area contributed by atoms with E-state index < -0.39 is 5.60 Å². The molecule has 0 atom stereocenters. The van der Waals surface area contributed by atoms with Crippen LogP contribution >= 0.6 is 0 Å². The predicted molar refractivity (Wildman–Crippen MR) is 69.3 cm³/mol. The van der Waals surface area contributed by atoms with Crippen LogP contribution in [0.25, 0.3) is 0 Å². The maximum Gasteiger partial charge on any atom is 0.407 e. The molecule has 0 aromatic carbocycles. The number of ether oxygens (including phenoxy) is 1. The topological polar surface area (TPSA) is 58.6 Å². The largest absolute Gasteiger partial charge is 0.444 e. The van der Waals surface area contributed by atoms with Crippen LogP contribution in [0.3, 0.4) is 0 Å². The second-order valence-corrected chi connectivity index (χ2v) is 5.65. The normalized spacial score (nSPS) is 17.4. The third kappa shape index (κ3) is 4.94. The summed E-state index contributed by atoms with van der Waals surface area (Å²) in [7, 11) is 0. The lowest BCUT2D eigenvalue weighted by Crippen LogP contribution is -2.47. The van der Waals surface area contributed by atoms with Crippen molar-refractivity contribution in [1.29, 1.82) is 0 Å². The van der Waals surface area contributed by atoms with E-state index in [2.05, 4.69) is 5.32 Å². The lowest BCUT2D eigenvalue weighted by atomic mass is 10.1. The molecular formula is C13H24N2O3. The van der Waals surface area contributed by atoms with Gasteiger partial charge >= 0.3 is 6.09 Å². The summed E-state index contributed by atoms with van der Waals surface area (Å²) in [6, 6.07) is 0.112. The average molecular weight is 256 g/mol. The Bertz CT molecular complexity index is 302. The van der Waals surface area contributed by atoms with Gasteiger partial charge in [0, 0.05) is 25.6 Å². The van der Waals surface area contributed by atoms with Crippen LogP contribution in [0.1, 0.15) is 47.0 Å². The Balaban J connectivity index is 2.31. The van der Waals surface area contributed by atoms with E-state index in [0.29, 0.717) is 19.5 Å². The molecule has 0 saturated carbocycles. The molecule has 0 aliphatic carbocycles. The van der Waals surface area contributed by atoms with Crippen LogP contribution in [0.4, 0.5) is 4.79 Å². The number of carbonyl (C=O) groups excluding carboxylic acids is 2. The highest BCUT2D eigenvalue weighted by Gasteiger charge is 2.24. The number of likely N-dealkylation sites (tertiary alicyclic amines) is 1. The summed E-state index contributed by atoms with van der Waals surface area (Å²) in [4.78, 5) is 24.9. The molecule has 1 aliphatic rings. The molecule has 1 aliphatic heterocycles. The summed E-state index contributed by atoms with van der Waals surface area (Å²) in [6.07, 6.45) is 1.77. The first-order chi connectivity index (χ1) is 8.31. The van der Waals surface area contributed by atoms with Crippen LogP contribution in [-0.4, -0.2) is 41.6 Å². The number of hydrogen-bond donors (Lipinski definition) is 1. The van der Waals surface area contributed by atoms with Crippen LogP contribution in [-0.2, 0) is 9.53 Å². The molecule has 2 amide bonds. The molecule has 0 unspecified atom stereocenters. The van der Waals surface area contributed by atoms with Gasteiger partial charge < -0.3 is 15.0 Å². The summed E-state index contributed by atoms with van der Waals surface area (Å²) in [5, 5.41) is 2.85. The van der Waals surface area contributed by atoms with E-state index in [1.54, 1.807) is 0 Å². The fourth-order valence-corrected chi connectivity index (χ4v) is 1.97. The van der Waals surface area contributed by atoms with Gasteiger partial charge in [0.2, 0.25) is 5.91 Å². The standard InChI is InChI=1S/C13H24N2O3/c1-5-11(16)15-8-6-10(7-9-15)14-12(17)18-13(2,3)4/h10H,5-9H2,1-4H3,(H,14,17). The Kier molecular flexibility index (Phi) is 4.99. The number of piperidine rings is 1. The van der Waals surface area contributed by atoms with Crippen molar-refractivity contribution in [3.8, 4) is 0 Å². The van der Waals surface area contributed by atoms with E-state index in [9.17, 15) is 9.59 Å². The van der Waals surface area contributed by atoms with Gasteiger partial charge in [0.15, 0.2) is 0 Å². The Morgan fingerprint density at radius 1 is 1.28 bits per heavy atom. The molecule has 0 aromatic rings. The maximum atomic E-state index is 11.6. The third-order valence-electron chi connectivity index (χ3n) is 2.87. The number of nitrogens with zero attached hydrogens (tertiary/aromatic N) is 1. The van der Waals surface area contributed by atoms with Crippen molar-refractivity contribution in [1.82, 2.24) is 10.2 Å². The zero-order chi connectivity index (χ0) is 13.8. The number of nitrogens with one attached hydrogen (secondary N) is 1. The van der Waals surface area contributed by atoms with Crippen molar-refractivity contribution in [2.24, 2.45) is 0 Å². The van der Waals surface area contributed by atoms with Gasteiger partial charge in [0.1, 0.15) is 5.60 Å². The second-order valence-electron chi connectivity index (χ2n) is 5.65. The summed E-state index contributed by atoms with van der Waals surface area (Å²) in [6.45, 7) is 8.83. The number of hydrogen-bond acceptors (Lipinski definition) is 3. The highest BCUT2D eigenvalue weighted by molar-refractivity contribution is 5.76. The molecule has 1 rings (SSSR count). The summed E-state index contributed by atoms with van der Waals surface area (Å²) >= 11 is 0. The number of rotatable bonds is 2. The minimum Gasteiger partial charge on any atom is -0.444 e. The first kappa shape index (κ1) is 14.8. The third-order valence-corrected chi connectivity index (χ3v) is 2.87. The number of alkyl carbamates (subject to hydrolysis) is 1. The monoisotopic (exact) mass is 256 g/mol. The highest BCUT2D eigenvalue weighted by Crippen LogP contribution is 2.13. The van der Waals surface area contributed by atoms with Crippen molar-refractivity contribution in [3.63, 3.8) is 0 Å². The van der Waals surface area contributed by atoms with Crippen molar-refractivity contribution in [2.75, 3.05) is 13.1 Å². The summed E-state index contributed by atoms with van der Waals surface area (Å²) < 4.78 is 5.21. The number of carbonyl (C=O) groups is 2. The van der Waals surface area contributed by atoms with Gasteiger partial charge in [0.05, 0.1) is 0 Å². The van der Waals surface area contributed by atoms with E-state index in [-0.39, 0.29) is 18.0 Å². The Labute approximate surface area is 109 Å². The van der Waals surface area contributed by atoms with Crippen LogP contribution in [0.5, 0.6) is 0 Å². The molecule has 1 fully saturated rings. The zero-order valence-electron chi connectivity index (χ0n) is 11.8.